The van der Waals surface area contributed by atoms with Gasteiger partial charge < -0.3 is 9.84 Å². The zero-order chi connectivity index (χ0) is 10.7. The number of halogens is 1. The summed E-state index contributed by atoms with van der Waals surface area (Å²) in [5, 5.41) is 9.68. The van der Waals surface area contributed by atoms with Crippen LogP contribution in [0.4, 0.5) is 4.39 Å². The van der Waals surface area contributed by atoms with Gasteiger partial charge in [-0.15, -0.1) is 0 Å². The molecule has 1 aromatic rings. The second kappa shape index (κ2) is 4.37. The molecular weight excluding hydrogens is 185 g/mol. The van der Waals surface area contributed by atoms with Crippen molar-refractivity contribution in [1.29, 1.82) is 0 Å². The highest BCUT2D eigenvalue weighted by Crippen LogP contribution is 2.27. The number of hydrogen-bond acceptors (Lipinski definition) is 3. The molecule has 78 valence electrons. The molecule has 0 spiro atoms. The number of nitrogens with zero attached hydrogens (tertiary/aromatic N) is 1. The van der Waals surface area contributed by atoms with Crippen molar-refractivity contribution in [3.05, 3.63) is 23.6 Å². The molecule has 1 unspecified atom stereocenters. The monoisotopic (exact) mass is 199 g/mol. The topological polar surface area (TPSA) is 42.4 Å². The van der Waals surface area contributed by atoms with Crippen LogP contribution in [0.5, 0.6) is 5.88 Å². The molecule has 0 amide bonds. The largest absolute Gasteiger partial charge is 0.479 e. The number of hydrogen-bond donors (Lipinski definition) is 1. The average molecular weight is 199 g/mol. The number of ether oxygens (including phenoxy) is 1. The van der Waals surface area contributed by atoms with Crippen LogP contribution in [0.15, 0.2) is 12.3 Å². The van der Waals surface area contributed by atoms with E-state index in [1.54, 1.807) is 0 Å². The van der Waals surface area contributed by atoms with Gasteiger partial charge in [-0.3, -0.25) is 0 Å². The third-order valence-electron chi connectivity index (χ3n) is 2.03. The van der Waals surface area contributed by atoms with Crippen LogP contribution >= 0.6 is 0 Å². The second-order valence-electron chi connectivity index (χ2n) is 3.41. The van der Waals surface area contributed by atoms with Gasteiger partial charge in [0.2, 0.25) is 5.88 Å². The second-order valence-corrected chi connectivity index (χ2v) is 3.41. The van der Waals surface area contributed by atoms with Crippen LogP contribution in [-0.2, 0) is 0 Å². The van der Waals surface area contributed by atoms with Crippen LogP contribution in [0.3, 0.4) is 0 Å². The molecule has 0 aliphatic rings. The van der Waals surface area contributed by atoms with Crippen LogP contribution in [-0.4, -0.2) is 17.2 Å². The molecule has 0 saturated carbocycles. The highest BCUT2D eigenvalue weighted by Gasteiger charge is 2.19. The van der Waals surface area contributed by atoms with Gasteiger partial charge in [0.25, 0.3) is 0 Å². The summed E-state index contributed by atoms with van der Waals surface area (Å²) in [6, 6.07) is 1.46. The SMILES string of the molecule is COc1nccc(C(O)C(C)C)c1F. The molecule has 0 aromatic carbocycles. The molecule has 4 heteroatoms. The molecule has 14 heavy (non-hydrogen) atoms. The molecule has 0 fully saturated rings. The van der Waals surface area contributed by atoms with Gasteiger partial charge in [0.05, 0.1) is 13.2 Å². The highest BCUT2D eigenvalue weighted by atomic mass is 19.1. The molecule has 0 saturated heterocycles. The Labute approximate surface area is 82.5 Å². The standard InChI is InChI=1S/C10H14FNO2/c1-6(2)9(13)7-4-5-12-10(14-3)8(7)11/h4-6,9,13H,1-3H3. The molecule has 0 bridgehead atoms. The summed E-state index contributed by atoms with van der Waals surface area (Å²) in [6.45, 7) is 3.63. The molecule has 3 nitrogen and oxygen atoms in total. The Morgan fingerprint density at radius 1 is 1.50 bits per heavy atom. The third-order valence-corrected chi connectivity index (χ3v) is 2.03. The first-order valence-electron chi connectivity index (χ1n) is 4.44. The lowest BCUT2D eigenvalue weighted by molar-refractivity contribution is 0.122. The van der Waals surface area contributed by atoms with Crippen molar-refractivity contribution in [2.45, 2.75) is 20.0 Å². The first-order chi connectivity index (χ1) is 6.57. The number of rotatable bonds is 3. The third kappa shape index (κ3) is 2.01. The first kappa shape index (κ1) is 10.9. The maximum Gasteiger partial charge on any atom is 0.250 e. The van der Waals surface area contributed by atoms with E-state index in [2.05, 4.69) is 4.98 Å². The smallest absolute Gasteiger partial charge is 0.250 e. The maximum absolute atomic E-state index is 13.5. The summed E-state index contributed by atoms with van der Waals surface area (Å²) in [5.74, 6) is -0.713. The van der Waals surface area contributed by atoms with E-state index in [4.69, 9.17) is 4.74 Å². The highest BCUT2D eigenvalue weighted by molar-refractivity contribution is 5.25. The summed E-state index contributed by atoms with van der Waals surface area (Å²) in [4.78, 5) is 3.69. The van der Waals surface area contributed by atoms with Gasteiger partial charge in [0.1, 0.15) is 0 Å². The lowest BCUT2D eigenvalue weighted by Crippen LogP contribution is -2.09. The van der Waals surface area contributed by atoms with Crippen molar-refractivity contribution in [2.24, 2.45) is 5.92 Å². The van der Waals surface area contributed by atoms with E-state index in [1.165, 1.54) is 19.4 Å². The fourth-order valence-corrected chi connectivity index (χ4v) is 1.17. The van der Waals surface area contributed by atoms with E-state index in [0.29, 0.717) is 0 Å². The van der Waals surface area contributed by atoms with Gasteiger partial charge >= 0.3 is 0 Å². The number of pyridine rings is 1. The van der Waals surface area contributed by atoms with Gasteiger partial charge in [-0.1, -0.05) is 13.8 Å². The summed E-state index contributed by atoms with van der Waals surface area (Å²) >= 11 is 0. The number of methoxy groups -OCH3 is 1. The Hall–Kier alpha value is -1.16. The maximum atomic E-state index is 13.5. The van der Waals surface area contributed by atoms with Crippen molar-refractivity contribution >= 4 is 0 Å². The van der Waals surface area contributed by atoms with Crippen LogP contribution < -0.4 is 4.74 Å². The Balaban J connectivity index is 3.09. The van der Waals surface area contributed by atoms with Crippen molar-refractivity contribution in [3.8, 4) is 5.88 Å². The quantitative estimate of drug-likeness (QED) is 0.808. The zero-order valence-electron chi connectivity index (χ0n) is 8.49. The van der Waals surface area contributed by atoms with Gasteiger partial charge in [-0.25, -0.2) is 9.37 Å². The van der Waals surface area contributed by atoms with Crippen LogP contribution in [0, 0.1) is 11.7 Å². The fourth-order valence-electron chi connectivity index (χ4n) is 1.17. The zero-order valence-corrected chi connectivity index (χ0v) is 8.49. The van der Waals surface area contributed by atoms with Gasteiger partial charge in [-0.2, -0.15) is 0 Å². The molecule has 1 N–H and O–H groups in total. The van der Waals surface area contributed by atoms with Gasteiger partial charge in [-0.05, 0) is 12.0 Å². The number of aliphatic hydroxyl groups is 1. The number of aliphatic hydroxyl groups excluding tert-OH is 1. The molecule has 1 atom stereocenters. The average Bonchev–Trinajstić information content (AvgIpc) is 2.17. The van der Waals surface area contributed by atoms with E-state index in [0.717, 1.165) is 0 Å². The predicted molar refractivity (Wildman–Crippen MR) is 50.5 cm³/mol. The van der Waals surface area contributed by atoms with Crippen LogP contribution in [0.2, 0.25) is 0 Å². The van der Waals surface area contributed by atoms with E-state index < -0.39 is 11.9 Å². The lowest BCUT2D eigenvalue weighted by Gasteiger charge is -2.15. The van der Waals surface area contributed by atoms with Crippen molar-refractivity contribution < 1.29 is 14.2 Å². The van der Waals surface area contributed by atoms with Crippen LogP contribution in [0.25, 0.3) is 0 Å². The van der Waals surface area contributed by atoms with Crippen LogP contribution in [0.1, 0.15) is 25.5 Å². The van der Waals surface area contributed by atoms with E-state index in [-0.39, 0.29) is 17.4 Å². The van der Waals surface area contributed by atoms with E-state index in [9.17, 15) is 9.50 Å². The number of aromatic nitrogens is 1. The molecular formula is C10H14FNO2. The summed E-state index contributed by atoms with van der Waals surface area (Å²) in [6.07, 6.45) is 0.593. The van der Waals surface area contributed by atoms with E-state index >= 15 is 0 Å². The van der Waals surface area contributed by atoms with Gasteiger partial charge in [0.15, 0.2) is 5.82 Å². The normalized spacial score (nSPS) is 13.0. The summed E-state index contributed by atoms with van der Waals surface area (Å²) in [7, 11) is 1.34. The molecule has 1 aromatic heterocycles. The Morgan fingerprint density at radius 3 is 2.64 bits per heavy atom. The minimum absolute atomic E-state index is 0.0448. The predicted octanol–water partition coefficient (Wildman–Crippen LogP) is 1.92. The van der Waals surface area contributed by atoms with Crippen molar-refractivity contribution in [2.75, 3.05) is 7.11 Å². The summed E-state index contributed by atoms with van der Waals surface area (Å²) < 4.78 is 18.3. The fraction of sp³-hybridized carbons (Fsp3) is 0.500. The van der Waals surface area contributed by atoms with Crippen molar-refractivity contribution in [1.82, 2.24) is 4.98 Å². The lowest BCUT2D eigenvalue weighted by atomic mass is 10.00. The Kier molecular flexibility index (Phi) is 3.41. The molecule has 0 aliphatic heterocycles. The molecule has 0 aliphatic carbocycles. The van der Waals surface area contributed by atoms with Gasteiger partial charge in [0, 0.05) is 11.8 Å². The minimum Gasteiger partial charge on any atom is -0.479 e. The van der Waals surface area contributed by atoms with Crippen molar-refractivity contribution in [3.63, 3.8) is 0 Å². The first-order valence-corrected chi connectivity index (χ1v) is 4.44. The summed E-state index contributed by atoms with van der Waals surface area (Å²) in [5.41, 5.74) is 0.229. The minimum atomic E-state index is -0.827. The molecule has 1 heterocycles. The van der Waals surface area contributed by atoms with E-state index in [1.807, 2.05) is 13.8 Å². The Bertz CT molecular complexity index is 315. The molecule has 0 radical (unpaired) electrons. The molecule has 1 rings (SSSR count). The Morgan fingerprint density at radius 2 is 2.14 bits per heavy atom.